The largest absolute Gasteiger partial charge is 0.298 e. The van der Waals surface area contributed by atoms with Crippen LogP contribution in [0.1, 0.15) is 58.3 Å². The van der Waals surface area contributed by atoms with Crippen LogP contribution in [-0.2, 0) is 4.79 Å². The van der Waals surface area contributed by atoms with E-state index in [9.17, 15) is 4.79 Å². The minimum atomic E-state index is 0.235. The first-order valence-corrected chi connectivity index (χ1v) is 6.95. The van der Waals surface area contributed by atoms with E-state index in [1.165, 1.54) is 32.1 Å². The molecular formula is C14H25NO. The molecule has 0 aliphatic heterocycles. The summed E-state index contributed by atoms with van der Waals surface area (Å²) >= 11 is 0. The van der Waals surface area contributed by atoms with Crippen LogP contribution in [0.15, 0.2) is 0 Å². The maximum Gasteiger partial charge on any atom is 0.149 e. The molecule has 0 heterocycles. The van der Waals surface area contributed by atoms with Crippen LogP contribution in [0.25, 0.3) is 0 Å². The molecule has 3 unspecified atom stereocenters. The van der Waals surface area contributed by atoms with Crippen LogP contribution < -0.4 is 0 Å². The average Bonchev–Trinajstić information content (AvgIpc) is 2.29. The van der Waals surface area contributed by atoms with Gasteiger partial charge in [-0.2, -0.15) is 0 Å². The van der Waals surface area contributed by atoms with Crippen molar-refractivity contribution in [1.29, 1.82) is 0 Å². The van der Waals surface area contributed by atoms with Gasteiger partial charge in [-0.25, -0.2) is 0 Å². The van der Waals surface area contributed by atoms with Crippen molar-refractivity contribution in [3.8, 4) is 0 Å². The molecule has 2 aliphatic rings. The molecule has 2 fully saturated rings. The first-order valence-electron chi connectivity index (χ1n) is 6.95. The Morgan fingerprint density at radius 3 is 2.44 bits per heavy atom. The second-order valence-corrected chi connectivity index (χ2v) is 5.72. The Morgan fingerprint density at radius 2 is 1.75 bits per heavy atom. The predicted molar refractivity (Wildman–Crippen MR) is 66.4 cm³/mol. The number of hydrogen-bond acceptors (Lipinski definition) is 2. The molecule has 0 bridgehead atoms. The van der Waals surface area contributed by atoms with Crippen LogP contribution in [0.4, 0.5) is 0 Å². The summed E-state index contributed by atoms with van der Waals surface area (Å²) in [6.07, 6.45) is 9.63. The van der Waals surface area contributed by atoms with Crippen LogP contribution in [0.5, 0.6) is 0 Å². The zero-order valence-corrected chi connectivity index (χ0v) is 10.7. The molecule has 0 aromatic heterocycles. The second kappa shape index (κ2) is 5.31. The summed E-state index contributed by atoms with van der Waals surface area (Å²) in [6, 6.07) is 0.889. The predicted octanol–water partition coefficient (Wildman–Crippen LogP) is 3.01. The Labute approximate surface area is 99.4 Å². The monoisotopic (exact) mass is 223 g/mol. The van der Waals surface area contributed by atoms with Crippen molar-refractivity contribution in [2.24, 2.45) is 5.92 Å². The van der Waals surface area contributed by atoms with Crippen LogP contribution >= 0.6 is 0 Å². The fraction of sp³-hybridized carbons (Fsp3) is 0.929. The van der Waals surface area contributed by atoms with E-state index < -0.39 is 0 Å². The number of Topliss-reactive ketones (excluding diaryl/α,β-unsaturated/α-hetero) is 1. The number of ketones is 1. The Hall–Kier alpha value is -0.370. The maximum absolute atomic E-state index is 11.9. The van der Waals surface area contributed by atoms with Crippen molar-refractivity contribution in [2.75, 3.05) is 7.05 Å². The molecule has 2 rings (SSSR count). The Bertz CT molecular complexity index is 251. The summed E-state index contributed by atoms with van der Waals surface area (Å²) in [5.74, 6) is 1.26. The number of nitrogens with zero attached hydrogens (tertiary/aromatic N) is 1. The minimum Gasteiger partial charge on any atom is -0.298 e. The molecule has 0 saturated heterocycles. The Kier molecular flexibility index (Phi) is 4.01. The van der Waals surface area contributed by atoms with Gasteiger partial charge in [-0.15, -0.1) is 0 Å². The quantitative estimate of drug-likeness (QED) is 0.717. The molecule has 0 N–H and O–H groups in total. The molecule has 0 radical (unpaired) electrons. The van der Waals surface area contributed by atoms with Crippen molar-refractivity contribution >= 4 is 5.78 Å². The summed E-state index contributed by atoms with van der Waals surface area (Å²) in [5, 5.41) is 0. The van der Waals surface area contributed by atoms with Gasteiger partial charge in [-0.3, -0.25) is 9.69 Å². The van der Waals surface area contributed by atoms with Crippen molar-refractivity contribution in [2.45, 2.75) is 70.4 Å². The third-order valence-electron chi connectivity index (χ3n) is 4.60. The van der Waals surface area contributed by atoms with E-state index in [1.54, 1.807) is 0 Å². The minimum absolute atomic E-state index is 0.235. The molecule has 0 spiro atoms. The van der Waals surface area contributed by atoms with Gasteiger partial charge in [0.2, 0.25) is 0 Å². The number of likely N-dealkylation sites (N-methyl/N-ethyl adjacent to an activating group) is 1. The fourth-order valence-corrected chi connectivity index (χ4v) is 3.53. The highest BCUT2D eigenvalue weighted by Gasteiger charge is 2.33. The lowest BCUT2D eigenvalue weighted by molar-refractivity contribution is -0.127. The van der Waals surface area contributed by atoms with E-state index in [-0.39, 0.29) is 6.04 Å². The number of carbonyl (C=O) groups excluding carboxylic acids is 1. The summed E-state index contributed by atoms with van der Waals surface area (Å²) < 4.78 is 0. The molecule has 0 aromatic carbocycles. The fourth-order valence-electron chi connectivity index (χ4n) is 3.53. The van der Waals surface area contributed by atoms with Gasteiger partial charge in [-0.1, -0.05) is 26.2 Å². The van der Waals surface area contributed by atoms with Gasteiger partial charge >= 0.3 is 0 Å². The first-order chi connectivity index (χ1) is 7.70. The van der Waals surface area contributed by atoms with Crippen molar-refractivity contribution in [3.63, 3.8) is 0 Å². The van der Waals surface area contributed by atoms with Gasteiger partial charge < -0.3 is 0 Å². The topological polar surface area (TPSA) is 20.3 Å². The summed E-state index contributed by atoms with van der Waals surface area (Å²) in [6.45, 7) is 2.35. The third kappa shape index (κ3) is 2.48. The molecule has 0 aromatic rings. The van der Waals surface area contributed by atoms with Gasteiger partial charge in [-0.05, 0) is 38.6 Å². The molecule has 2 aliphatic carbocycles. The number of carbonyl (C=O) groups is 1. The van der Waals surface area contributed by atoms with Gasteiger partial charge in [0.1, 0.15) is 5.78 Å². The molecule has 3 atom stereocenters. The lowest BCUT2D eigenvalue weighted by Gasteiger charge is -2.41. The normalized spacial score (nSPS) is 36.7. The van der Waals surface area contributed by atoms with Gasteiger partial charge in [0.05, 0.1) is 6.04 Å². The van der Waals surface area contributed by atoms with E-state index in [4.69, 9.17) is 0 Å². The molecule has 16 heavy (non-hydrogen) atoms. The highest BCUT2D eigenvalue weighted by molar-refractivity contribution is 5.84. The number of rotatable bonds is 2. The van der Waals surface area contributed by atoms with Crippen LogP contribution in [0.2, 0.25) is 0 Å². The SMILES string of the molecule is CC1CCCCC1N(C)C1CCCCC1=O. The van der Waals surface area contributed by atoms with E-state index in [1.807, 2.05) is 0 Å². The molecule has 92 valence electrons. The zero-order valence-electron chi connectivity index (χ0n) is 10.7. The first kappa shape index (κ1) is 12.1. The van der Waals surface area contributed by atoms with Crippen molar-refractivity contribution in [3.05, 3.63) is 0 Å². The van der Waals surface area contributed by atoms with Crippen molar-refractivity contribution < 1.29 is 4.79 Å². The van der Waals surface area contributed by atoms with Crippen LogP contribution in [0, 0.1) is 5.92 Å². The molecular weight excluding hydrogens is 198 g/mol. The summed E-state index contributed by atoms with van der Waals surface area (Å²) in [4.78, 5) is 14.4. The second-order valence-electron chi connectivity index (χ2n) is 5.72. The average molecular weight is 223 g/mol. The standard InChI is InChI=1S/C14H25NO/c1-11-7-3-4-8-12(11)15(2)13-9-5-6-10-14(13)16/h11-13H,3-10H2,1-2H3. The highest BCUT2D eigenvalue weighted by Crippen LogP contribution is 2.30. The lowest BCUT2D eigenvalue weighted by Crippen LogP contribution is -2.49. The van der Waals surface area contributed by atoms with E-state index in [0.29, 0.717) is 11.8 Å². The molecule has 2 nitrogen and oxygen atoms in total. The molecule has 2 heteroatoms. The summed E-state index contributed by atoms with van der Waals surface area (Å²) in [5.41, 5.74) is 0. The van der Waals surface area contributed by atoms with Gasteiger partial charge in [0, 0.05) is 12.5 Å². The maximum atomic E-state index is 11.9. The Balaban J connectivity index is 1.99. The van der Waals surface area contributed by atoms with Gasteiger partial charge in [0.15, 0.2) is 0 Å². The van der Waals surface area contributed by atoms with E-state index in [2.05, 4.69) is 18.9 Å². The van der Waals surface area contributed by atoms with Crippen molar-refractivity contribution in [1.82, 2.24) is 4.90 Å². The summed E-state index contributed by atoms with van der Waals surface area (Å²) in [7, 11) is 2.18. The molecule has 0 amide bonds. The molecule has 2 saturated carbocycles. The third-order valence-corrected chi connectivity index (χ3v) is 4.60. The zero-order chi connectivity index (χ0) is 11.5. The highest BCUT2D eigenvalue weighted by atomic mass is 16.1. The number of hydrogen-bond donors (Lipinski definition) is 0. The van der Waals surface area contributed by atoms with Crippen LogP contribution in [-0.4, -0.2) is 29.8 Å². The lowest BCUT2D eigenvalue weighted by atomic mass is 9.83. The van der Waals surface area contributed by atoms with E-state index in [0.717, 1.165) is 25.2 Å². The van der Waals surface area contributed by atoms with Crippen LogP contribution in [0.3, 0.4) is 0 Å². The van der Waals surface area contributed by atoms with Gasteiger partial charge in [0.25, 0.3) is 0 Å². The van der Waals surface area contributed by atoms with E-state index >= 15 is 0 Å². The smallest absolute Gasteiger partial charge is 0.149 e. The Morgan fingerprint density at radius 1 is 1.06 bits per heavy atom.